The van der Waals surface area contributed by atoms with E-state index in [0.717, 1.165) is 11.1 Å². The third-order valence-corrected chi connectivity index (χ3v) is 2.02. The lowest BCUT2D eigenvalue weighted by molar-refractivity contribution is 1.21. The predicted molar refractivity (Wildman–Crippen MR) is 55.0 cm³/mol. The number of hydrogen-bond donors (Lipinski definition) is 1. The number of aromatic amines is 1. The first kappa shape index (κ1) is 9.16. The molecule has 0 radical (unpaired) electrons. The fourth-order valence-corrected chi connectivity index (χ4v) is 1.27. The van der Waals surface area contributed by atoms with Crippen molar-refractivity contribution in [3.05, 3.63) is 52.7 Å². The summed E-state index contributed by atoms with van der Waals surface area (Å²) < 4.78 is 0. The van der Waals surface area contributed by atoms with Crippen LogP contribution in [0.4, 0.5) is 0 Å². The number of nitrogens with zero attached hydrogens (tertiary/aromatic N) is 2. The summed E-state index contributed by atoms with van der Waals surface area (Å²) in [5.74, 6) is 0. The molecular weight excluding hydrogens is 190 g/mol. The van der Waals surface area contributed by atoms with Gasteiger partial charge in [-0.1, -0.05) is 6.07 Å². The Morgan fingerprint density at radius 3 is 2.93 bits per heavy atom. The summed E-state index contributed by atoms with van der Waals surface area (Å²) >= 11 is 0. The van der Waals surface area contributed by atoms with Crippen LogP contribution >= 0.6 is 0 Å². The van der Waals surface area contributed by atoms with Crippen molar-refractivity contribution < 1.29 is 0 Å². The molecule has 0 aromatic carbocycles. The molecule has 0 spiro atoms. The van der Waals surface area contributed by atoms with E-state index in [0.29, 0.717) is 0 Å². The van der Waals surface area contributed by atoms with E-state index in [4.69, 9.17) is 5.26 Å². The van der Waals surface area contributed by atoms with Crippen LogP contribution in [0.1, 0.15) is 5.56 Å². The van der Waals surface area contributed by atoms with Gasteiger partial charge in [0, 0.05) is 29.7 Å². The van der Waals surface area contributed by atoms with E-state index in [1.807, 2.05) is 12.1 Å². The molecule has 0 aliphatic carbocycles. The molecular formula is C11H7N3O. The van der Waals surface area contributed by atoms with E-state index < -0.39 is 0 Å². The molecule has 4 nitrogen and oxygen atoms in total. The lowest BCUT2D eigenvalue weighted by Crippen LogP contribution is -2.08. The highest BCUT2D eigenvalue weighted by Gasteiger charge is 2.02. The molecule has 1 N–H and O–H groups in total. The van der Waals surface area contributed by atoms with Crippen LogP contribution in [0.25, 0.3) is 11.1 Å². The number of pyridine rings is 2. The molecule has 72 valence electrons. The van der Waals surface area contributed by atoms with Gasteiger partial charge in [0.2, 0.25) is 0 Å². The van der Waals surface area contributed by atoms with Gasteiger partial charge >= 0.3 is 0 Å². The van der Waals surface area contributed by atoms with E-state index >= 15 is 0 Å². The van der Waals surface area contributed by atoms with Crippen molar-refractivity contribution in [1.29, 1.82) is 5.26 Å². The molecule has 0 saturated heterocycles. The third kappa shape index (κ3) is 1.76. The van der Waals surface area contributed by atoms with E-state index in [1.165, 1.54) is 0 Å². The van der Waals surface area contributed by atoms with Gasteiger partial charge in [0.1, 0.15) is 11.6 Å². The summed E-state index contributed by atoms with van der Waals surface area (Å²) in [7, 11) is 0. The summed E-state index contributed by atoms with van der Waals surface area (Å²) in [5.41, 5.74) is 1.38. The van der Waals surface area contributed by atoms with Gasteiger partial charge in [0.15, 0.2) is 0 Å². The van der Waals surface area contributed by atoms with Crippen LogP contribution in [0.3, 0.4) is 0 Å². The zero-order chi connectivity index (χ0) is 10.7. The van der Waals surface area contributed by atoms with E-state index in [9.17, 15) is 4.79 Å². The van der Waals surface area contributed by atoms with Crippen LogP contribution in [-0.2, 0) is 0 Å². The maximum absolute atomic E-state index is 11.1. The first-order valence-corrected chi connectivity index (χ1v) is 4.34. The van der Waals surface area contributed by atoms with Crippen molar-refractivity contribution >= 4 is 0 Å². The van der Waals surface area contributed by atoms with Gasteiger partial charge in [-0.2, -0.15) is 5.26 Å². The monoisotopic (exact) mass is 197 g/mol. The van der Waals surface area contributed by atoms with E-state index in [-0.39, 0.29) is 11.1 Å². The highest BCUT2D eigenvalue weighted by Crippen LogP contribution is 2.15. The van der Waals surface area contributed by atoms with E-state index in [1.54, 1.807) is 30.7 Å². The minimum absolute atomic E-state index is 0.108. The molecule has 0 atom stereocenters. The summed E-state index contributed by atoms with van der Waals surface area (Å²) in [6.45, 7) is 0. The molecule has 2 aromatic rings. The molecule has 2 heterocycles. The molecule has 0 saturated carbocycles. The van der Waals surface area contributed by atoms with Crippen molar-refractivity contribution in [2.24, 2.45) is 0 Å². The maximum Gasteiger partial charge on any atom is 0.265 e. The van der Waals surface area contributed by atoms with Crippen molar-refractivity contribution in [2.75, 3.05) is 0 Å². The molecule has 0 unspecified atom stereocenters. The van der Waals surface area contributed by atoms with Crippen LogP contribution in [-0.4, -0.2) is 9.97 Å². The summed E-state index contributed by atoms with van der Waals surface area (Å²) in [5, 5.41) is 8.70. The van der Waals surface area contributed by atoms with Crippen molar-refractivity contribution in [3.8, 4) is 17.2 Å². The molecule has 2 rings (SSSR count). The average Bonchev–Trinajstić information content (AvgIpc) is 2.31. The van der Waals surface area contributed by atoms with Gasteiger partial charge in [-0.15, -0.1) is 0 Å². The molecule has 4 heteroatoms. The maximum atomic E-state index is 11.1. The van der Waals surface area contributed by atoms with Crippen molar-refractivity contribution in [2.45, 2.75) is 0 Å². The van der Waals surface area contributed by atoms with Crippen LogP contribution in [0.2, 0.25) is 0 Å². The number of hydrogen-bond acceptors (Lipinski definition) is 3. The van der Waals surface area contributed by atoms with Gasteiger partial charge in [0.05, 0.1) is 0 Å². The number of rotatable bonds is 1. The van der Waals surface area contributed by atoms with Crippen LogP contribution < -0.4 is 5.56 Å². The smallest absolute Gasteiger partial charge is 0.265 e. The van der Waals surface area contributed by atoms with Gasteiger partial charge < -0.3 is 4.98 Å². The Morgan fingerprint density at radius 2 is 2.27 bits per heavy atom. The van der Waals surface area contributed by atoms with Crippen molar-refractivity contribution in [3.63, 3.8) is 0 Å². The van der Waals surface area contributed by atoms with E-state index in [2.05, 4.69) is 9.97 Å². The summed E-state index contributed by atoms with van der Waals surface area (Å²) in [6, 6.07) is 7.05. The Kier molecular flexibility index (Phi) is 2.30. The average molecular weight is 197 g/mol. The van der Waals surface area contributed by atoms with Crippen molar-refractivity contribution in [1.82, 2.24) is 9.97 Å². The second-order valence-electron chi connectivity index (χ2n) is 2.98. The SMILES string of the molecule is N#Cc1cc(-c2cccnc2)c[nH]c1=O. The number of nitrogens with one attached hydrogen (secondary N) is 1. The number of H-pyrrole nitrogens is 1. The van der Waals surface area contributed by atoms with Gasteiger partial charge in [-0.3, -0.25) is 9.78 Å². The predicted octanol–water partition coefficient (Wildman–Crippen LogP) is 1.31. The zero-order valence-corrected chi connectivity index (χ0v) is 7.77. The minimum Gasteiger partial charge on any atom is -0.327 e. The highest BCUT2D eigenvalue weighted by atomic mass is 16.1. The first-order valence-electron chi connectivity index (χ1n) is 4.34. The van der Waals surface area contributed by atoms with Gasteiger partial charge in [-0.05, 0) is 12.1 Å². The molecule has 0 aliphatic heterocycles. The Morgan fingerprint density at radius 1 is 1.40 bits per heavy atom. The normalized spacial score (nSPS) is 9.53. The zero-order valence-electron chi connectivity index (χ0n) is 7.77. The van der Waals surface area contributed by atoms with Gasteiger partial charge in [-0.25, -0.2) is 0 Å². The molecule has 0 bridgehead atoms. The second-order valence-corrected chi connectivity index (χ2v) is 2.98. The molecule has 0 aliphatic rings. The van der Waals surface area contributed by atoms with Crippen LogP contribution in [0.5, 0.6) is 0 Å². The summed E-state index contributed by atoms with van der Waals surface area (Å²) in [4.78, 5) is 17.6. The Hall–Kier alpha value is -2.41. The molecule has 15 heavy (non-hydrogen) atoms. The molecule has 0 fully saturated rings. The van der Waals surface area contributed by atoms with Crippen LogP contribution in [0, 0.1) is 11.3 Å². The lowest BCUT2D eigenvalue weighted by atomic mass is 10.1. The lowest BCUT2D eigenvalue weighted by Gasteiger charge is -1.99. The Balaban J connectivity index is 2.57. The topological polar surface area (TPSA) is 69.5 Å². The quantitative estimate of drug-likeness (QED) is 0.749. The number of nitriles is 1. The Labute approximate surface area is 85.8 Å². The molecule has 2 aromatic heterocycles. The highest BCUT2D eigenvalue weighted by molar-refractivity contribution is 5.62. The molecule has 0 amide bonds. The summed E-state index contributed by atoms with van der Waals surface area (Å²) in [6.07, 6.45) is 4.91. The fraction of sp³-hybridized carbons (Fsp3) is 0. The minimum atomic E-state index is -0.370. The standard InChI is InChI=1S/C11H7N3O/c12-5-9-4-10(7-14-11(9)15)8-2-1-3-13-6-8/h1-4,6-7H,(H,14,15). The van der Waals surface area contributed by atoms with Crippen LogP contribution in [0.15, 0.2) is 41.6 Å². The third-order valence-electron chi connectivity index (χ3n) is 2.02. The van der Waals surface area contributed by atoms with Gasteiger partial charge in [0.25, 0.3) is 5.56 Å². The number of aromatic nitrogens is 2. The second kappa shape index (κ2) is 3.76. The fourth-order valence-electron chi connectivity index (χ4n) is 1.27. The largest absolute Gasteiger partial charge is 0.327 e. The first-order chi connectivity index (χ1) is 7.31. The Bertz CT molecular complexity index is 566.